The zero-order valence-electron chi connectivity index (χ0n) is 12.3. The van der Waals surface area contributed by atoms with E-state index in [4.69, 9.17) is 9.47 Å². The normalized spacial score (nSPS) is 13.7. The lowest BCUT2D eigenvalue weighted by molar-refractivity contribution is -0.119. The Kier molecular flexibility index (Phi) is 5.07. The highest BCUT2D eigenvalue weighted by atomic mass is 16.5. The molecule has 8 nitrogen and oxygen atoms in total. The van der Waals surface area contributed by atoms with E-state index in [1.807, 2.05) is 0 Å². The molecule has 0 radical (unpaired) electrons. The van der Waals surface area contributed by atoms with E-state index in [1.165, 1.54) is 13.3 Å². The summed E-state index contributed by atoms with van der Waals surface area (Å²) in [5.41, 5.74) is 5.84. The largest absolute Gasteiger partial charge is 0.497 e. The Morgan fingerprint density at radius 3 is 2.91 bits per heavy atom. The fourth-order valence-corrected chi connectivity index (χ4v) is 1.83. The van der Waals surface area contributed by atoms with Crippen LogP contribution in [0.5, 0.6) is 11.5 Å². The zero-order valence-corrected chi connectivity index (χ0v) is 12.3. The number of hydrogen-bond donors (Lipinski definition) is 2. The second-order valence-corrected chi connectivity index (χ2v) is 4.47. The average molecular weight is 304 g/mol. The molecular weight excluding hydrogens is 288 g/mol. The summed E-state index contributed by atoms with van der Waals surface area (Å²) >= 11 is 0. The maximum Gasteiger partial charge on any atom is 0.245 e. The molecular formula is C14H16N4O4. The Hall–Kier alpha value is -2.90. The molecule has 0 atom stereocenters. The van der Waals surface area contributed by atoms with E-state index in [1.54, 1.807) is 25.3 Å². The highest BCUT2D eigenvalue weighted by Gasteiger charge is 2.17. The van der Waals surface area contributed by atoms with Gasteiger partial charge in [-0.2, -0.15) is 10.2 Å². The number of ether oxygens (including phenoxy) is 2. The predicted octanol–water partition coefficient (Wildman–Crippen LogP) is 0.420. The minimum absolute atomic E-state index is 0.0236. The van der Waals surface area contributed by atoms with Crippen LogP contribution in [0, 0.1) is 0 Å². The van der Waals surface area contributed by atoms with Crippen molar-refractivity contribution in [2.24, 2.45) is 10.2 Å². The molecule has 8 heteroatoms. The number of nitrogens with one attached hydrogen (secondary N) is 2. The van der Waals surface area contributed by atoms with Gasteiger partial charge in [0.15, 0.2) is 0 Å². The fraction of sp³-hybridized carbons (Fsp3) is 0.286. The summed E-state index contributed by atoms with van der Waals surface area (Å²) in [5, 5.41) is 7.60. The Morgan fingerprint density at radius 1 is 1.45 bits per heavy atom. The molecule has 0 unspecified atom stereocenters. The molecule has 2 amide bonds. The number of nitrogens with zero attached hydrogens (tertiary/aromatic N) is 2. The lowest BCUT2D eigenvalue weighted by atomic mass is 10.2. The summed E-state index contributed by atoms with van der Waals surface area (Å²) in [5.74, 6) is 0.676. The minimum Gasteiger partial charge on any atom is -0.497 e. The van der Waals surface area contributed by atoms with E-state index in [-0.39, 0.29) is 24.7 Å². The van der Waals surface area contributed by atoms with Gasteiger partial charge in [0.1, 0.15) is 11.5 Å². The molecule has 0 bridgehead atoms. The van der Waals surface area contributed by atoms with Gasteiger partial charge in [-0.25, -0.2) is 10.9 Å². The van der Waals surface area contributed by atoms with E-state index in [0.717, 1.165) is 0 Å². The number of rotatable bonds is 6. The lowest BCUT2D eigenvalue weighted by Crippen LogP contribution is -2.20. The Labute approximate surface area is 127 Å². The van der Waals surface area contributed by atoms with Crippen LogP contribution in [0.25, 0.3) is 0 Å². The van der Waals surface area contributed by atoms with Crippen molar-refractivity contribution in [2.45, 2.75) is 12.8 Å². The molecule has 0 saturated heterocycles. The fourth-order valence-electron chi connectivity index (χ4n) is 1.83. The van der Waals surface area contributed by atoms with E-state index in [2.05, 4.69) is 21.1 Å². The van der Waals surface area contributed by atoms with E-state index in [0.29, 0.717) is 22.8 Å². The molecule has 0 spiro atoms. The maximum absolute atomic E-state index is 11.7. The van der Waals surface area contributed by atoms with Crippen molar-refractivity contribution in [3.8, 4) is 11.5 Å². The van der Waals surface area contributed by atoms with Crippen LogP contribution in [-0.4, -0.2) is 38.0 Å². The van der Waals surface area contributed by atoms with Gasteiger partial charge in [-0.1, -0.05) is 0 Å². The van der Waals surface area contributed by atoms with E-state index < -0.39 is 0 Å². The summed E-state index contributed by atoms with van der Waals surface area (Å²) in [6.45, 7) is 0. The molecule has 22 heavy (non-hydrogen) atoms. The molecule has 0 saturated carbocycles. The third-order valence-corrected chi connectivity index (χ3v) is 2.90. The smallest absolute Gasteiger partial charge is 0.245 e. The first kappa shape index (κ1) is 15.5. The molecule has 2 rings (SSSR count). The van der Waals surface area contributed by atoms with Gasteiger partial charge >= 0.3 is 0 Å². The first-order valence-electron chi connectivity index (χ1n) is 6.50. The monoisotopic (exact) mass is 304 g/mol. The molecule has 0 fully saturated rings. The topological polar surface area (TPSA) is 101 Å². The average Bonchev–Trinajstić information content (AvgIpc) is 2.92. The molecule has 1 aromatic carbocycles. The van der Waals surface area contributed by atoms with Crippen molar-refractivity contribution in [2.75, 3.05) is 14.2 Å². The second kappa shape index (κ2) is 7.21. The van der Waals surface area contributed by atoms with Gasteiger partial charge < -0.3 is 9.47 Å². The second-order valence-electron chi connectivity index (χ2n) is 4.47. The standard InChI is InChI=1S/C14H16N4O4/c1-21-11-4-3-9(12(7-11)22-2)8-15-17-13(19)5-10-6-14(20)18-16-10/h3-4,7-8H,5-6H2,1-2H3,(H,17,19)(H,18,20). The molecule has 2 N–H and O–H groups in total. The first-order chi connectivity index (χ1) is 10.6. The van der Waals surface area contributed by atoms with Crippen LogP contribution < -0.4 is 20.3 Å². The Bertz CT molecular complexity index is 640. The summed E-state index contributed by atoms with van der Waals surface area (Å²) < 4.78 is 10.3. The summed E-state index contributed by atoms with van der Waals surface area (Å²) in [6, 6.07) is 5.24. The molecule has 0 aliphatic carbocycles. The molecule has 1 aliphatic heterocycles. The predicted molar refractivity (Wildman–Crippen MR) is 80.1 cm³/mol. The Balaban J connectivity index is 1.92. The molecule has 1 heterocycles. The van der Waals surface area contributed by atoms with Gasteiger partial charge in [0.05, 0.1) is 39.0 Å². The van der Waals surface area contributed by atoms with Crippen molar-refractivity contribution < 1.29 is 19.1 Å². The molecule has 0 aromatic heterocycles. The van der Waals surface area contributed by atoms with Crippen LogP contribution in [0.15, 0.2) is 28.4 Å². The third-order valence-electron chi connectivity index (χ3n) is 2.90. The number of amides is 2. The van der Waals surface area contributed by atoms with E-state index in [9.17, 15) is 9.59 Å². The van der Waals surface area contributed by atoms with Crippen LogP contribution in [-0.2, 0) is 9.59 Å². The van der Waals surface area contributed by atoms with Crippen molar-refractivity contribution in [3.05, 3.63) is 23.8 Å². The van der Waals surface area contributed by atoms with Crippen LogP contribution in [0.1, 0.15) is 18.4 Å². The summed E-state index contributed by atoms with van der Waals surface area (Å²) in [6.07, 6.45) is 1.63. The summed E-state index contributed by atoms with van der Waals surface area (Å²) in [7, 11) is 3.10. The maximum atomic E-state index is 11.7. The van der Waals surface area contributed by atoms with Crippen LogP contribution in [0.4, 0.5) is 0 Å². The number of carbonyl (C=O) groups is 2. The van der Waals surface area contributed by atoms with Crippen molar-refractivity contribution in [1.29, 1.82) is 0 Å². The quantitative estimate of drug-likeness (QED) is 0.587. The highest BCUT2D eigenvalue weighted by Crippen LogP contribution is 2.22. The van der Waals surface area contributed by atoms with Crippen LogP contribution in [0.3, 0.4) is 0 Å². The van der Waals surface area contributed by atoms with Crippen LogP contribution in [0.2, 0.25) is 0 Å². The number of methoxy groups -OCH3 is 2. The van der Waals surface area contributed by atoms with Crippen molar-refractivity contribution in [1.82, 2.24) is 10.9 Å². The number of carbonyl (C=O) groups excluding carboxylic acids is 2. The highest BCUT2D eigenvalue weighted by molar-refractivity contribution is 6.11. The van der Waals surface area contributed by atoms with Gasteiger partial charge in [0.25, 0.3) is 0 Å². The first-order valence-corrected chi connectivity index (χ1v) is 6.50. The zero-order chi connectivity index (χ0) is 15.9. The summed E-state index contributed by atoms with van der Waals surface area (Å²) in [4.78, 5) is 22.6. The van der Waals surface area contributed by atoms with Crippen LogP contribution >= 0.6 is 0 Å². The van der Waals surface area contributed by atoms with Gasteiger partial charge in [0.2, 0.25) is 11.8 Å². The minimum atomic E-state index is -0.348. The van der Waals surface area contributed by atoms with Gasteiger partial charge in [0, 0.05) is 11.6 Å². The van der Waals surface area contributed by atoms with Gasteiger partial charge in [-0.3, -0.25) is 9.59 Å². The number of benzene rings is 1. The Morgan fingerprint density at radius 2 is 2.27 bits per heavy atom. The number of hydrazone groups is 2. The number of hydrogen-bond acceptors (Lipinski definition) is 6. The lowest BCUT2D eigenvalue weighted by Gasteiger charge is -2.06. The molecule has 1 aromatic rings. The SMILES string of the molecule is COc1ccc(C=NNC(=O)CC2=NNC(=O)C2)c(OC)c1. The van der Waals surface area contributed by atoms with E-state index >= 15 is 0 Å². The van der Waals surface area contributed by atoms with Gasteiger partial charge in [-0.05, 0) is 12.1 Å². The third kappa shape index (κ3) is 4.05. The van der Waals surface area contributed by atoms with Gasteiger partial charge in [-0.15, -0.1) is 0 Å². The molecule has 116 valence electrons. The molecule has 1 aliphatic rings. The van der Waals surface area contributed by atoms with Crippen molar-refractivity contribution >= 4 is 23.7 Å². The van der Waals surface area contributed by atoms with Crippen molar-refractivity contribution in [3.63, 3.8) is 0 Å².